The Morgan fingerprint density at radius 1 is 1.09 bits per heavy atom. The summed E-state index contributed by atoms with van der Waals surface area (Å²) in [5.74, 6) is 1.43. The number of aromatic nitrogens is 2. The molecule has 7 heteroatoms. The van der Waals surface area contributed by atoms with Crippen molar-refractivity contribution in [1.82, 2.24) is 9.97 Å². The first-order valence-corrected chi connectivity index (χ1v) is 7.54. The zero-order chi connectivity index (χ0) is 16.4. The van der Waals surface area contributed by atoms with Crippen molar-refractivity contribution in [3.63, 3.8) is 0 Å². The summed E-state index contributed by atoms with van der Waals surface area (Å²) in [6.45, 7) is 1.13. The molecule has 3 rings (SSSR count). The third-order valence-corrected chi connectivity index (χ3v) is 4.32. The Morgan fingerprint density at radius 2 is 1.74 bits per heavy atom. The molecule has 23 heavy (non-hydrogen) atoms. The number of halogens is 2. The number of anilines is 1. The van der Waals surface area contributed by atoms with Crippen molar-refractivity contribution in [2.75, 3.05) is 32.2 Å². The SMILES string of the molecule is COc1cc2ncnc(N3CCC(C(F)F)CC3)c2cc1OC. The van der Waals surface area contributed by atoms with Crippen LogP contribution in [-0.2, 0) is 0 Å². The topological polar surface area (TPSA) is 47.5 Å². The Labute approximate surface area is 133 Å². The van der Waals surface area contributed by atoms with Gasteiger partial charge in [0, 0.05) is 30.5 Å². The van der Waals surface area contributed by atoms with Gasteiger partial charge in [-0.1, -0.05) is 0 Å². The Hall–Kier alpha value is -2.18. The summed E-state index contributed by atoms with van der Waals surface area (Å²) in [5, 5.41) is 0.834. The number of methoxy groups -OCH3 is 2. The van der Waals surface area contributed by atoms with Gasteiger partial charge in [-0.05, 0) is 18.9 Å². The van der Waals surface area contributed by atoms with Crippen LogP contribution in [0, 0.1) is 5.92 Å². The van der Waals surface area contributed by atoms with E-state index in [1.165, 1.54) is 6.33 Å². The van der Waals surface area contributed by atoms with Crippen LogP contribution in [0.5, 0.6) is 11.5 Å². The fraction of sp³-hybridized carbons (Fsp3) is 0.500. The van der Waals surface area contributed by atoms with Gasteiger partial charge < -0.3 is 14.4 Å². The van der Waals surface area contributed by atoms with Gasteiger partial charge in [0.2, 0.25) is 6.43 Å². The number of rotatable bonds is 4. The summed E-state index contributed by atoms with van der Waals surface area (Å²) in [6.07, 6.45) is 0.180. The quantitative estimate of drug-likeness (QED) is 0.865. The minimum Gasteiger partial charge on any atom is -0.493 e. The molecule has 0 atom stereocenters. The highest BCUT2D eigenvalue weighted by molar-refractivity contribution is 5.92. The lowest BCUT2D eigenvalue weighted by Gasteiger charge is -2.32. The second kappa shape index (κ2) is 6.52. The van der Waals surface area contributed by atoms with E-state index in [9.17, 15) is 8.78 Å². The van der Waals surface area contributed by atoms with E-state index in [1.807, 2.05) is 11.0 Å². The molecule has 0 saturated carbocycles. The molecule has 1 saturated heterocycles. The van der Waals surface area contributed by atoms with Gasteiger partial charge in [0.25, 0.3) is 0 Å². The van der Waals surface area contributed by atoms with Gasteiger partial charge >= 0.3 is 0 Å². The van der Waals surface area contributed by atoms with Gasteiger partial charge in [0.1, 0.15) is 12.1 Å². The maximum atomic E-state index is 12.8. The molecule has 5 nitrogen and oxygen atoms in total. The summed E-state index contributed by atoms with van der Waals surface area (Å²) in [4.78, 5) is 10.7. The molecule has 0 spiro atoms. The molecule has 0 bridgehead atoms. The molecule has 0 amide bonds. The van der Waals surface area contributed by atoms with Crippen LogP contribution in [0.25, 0.3) is 10.9 Å². The van der Waals surface area contributed by atoms with E-state index in [4.69, 9.17) is 9.47 Å². The van der Waals surface area contributed by atoms with E-state index in [-0.39, 0.29) is 0 Å². The average Bonchev–Trinajstić information content (AvgIpc) is 2.60. The van der Waals surface area contributed by atoms with E-state index in [0.717, 1.165) is 16.7 Å². The molecule has 0 radical (unpaired) electrons. The van der Waals surface area contributed by atoms with E-state index >= 15 is 0 Å². The van der Waals surface area contributed by atoms with Gasteiger partial charge in [-0.25, -0.2) is 18.7 Å². The molecule has 124 valence electrons. The number of nitrogens with zero attached hydrogens (tertiary/aromatic N) is 3. The Bertz CT molecular complexity index is 688. The highest BCUT2D eigenvalue weighted by Crippen LogP contribution is 2.36. The Kier molecular flexibility index (Phi) is 4.45. The smallest absolute Gasteiger partial charge is 0.241 e. The lowest BCUT2D eigenvalue weighted by molar-refractivity contribution is 0.0635. The molecule has 0 N–H and O–H groups in total. The summed E-state index contributed by atoms with van der Waals surface area (Å²) < 4.78 is 36.2. The third kappa shape index (κ3) is 3.00. The molecule has 1 aromatic heterocycles. The summed E-state index contributed by atoms with van der Waals surface area (Å²) in [7, 11) is 3.14. The molecule has 2 heterocycles. The standard InChI is InChI=1S/C16H19F2N3O2/c1-22-13-7-11-12(8-14(13)23-2)19-9-20-16(11)21-5-3-10(4-6-21)15(17)18/h7-10,15H,3-6H2,1-2H3. The van der Waals surface area contributed by atoms with Crippen LogP contribution in [-0.4, -0.2) is 43.7 Å². The number of hydrogen-bond acceptors (Lipinski definition) is 5. The number of ether oxygens (including phenoxy) is 2. The number of fused-ring (bicyclic) bond motifs is 1. The lowest BCUT2D eigenvalue weighted by Crippen LogP contribution is -2.36. The molecule has 1 aromatic carbocycles. The van der Waals surface area contributed by atoms with Crippen molar-refractivity contribution in [3.8, 4) is 11.5 Å². The first-order valence-electron chi connectivity index (χ1n) is 7.54. The molecule has 1 aliphatic heterocycles. The fourth-order valence-electron chi connectivity index (χ4n) is 2.98. The van der Waals surface area contributed by atoms with Gasteiger partial charge in [-0.3, -0.25) is 0 Å². The predicted molar refractivity (Wildman–Crippen MR) is 83.6 cm³/mol. The number of benzene rings is 1. The summed E-state index contributed by atoms with van der Waals surface area (Å²) in [5.41, 5.74) is 0.739. The molecule has 1 fully saturated rings. The maximum Gasteiger partial charge on any atom is 0.241 e. The van der Waals surface area contributed by atoms with Gasteiger partial charge in [-0.2, -0.15) is 0 Å². The Balaban J connectivity index is 1.95. The minimum absolute atomic E-state index is 0.469. The van der Waals surface area contributed by atoms with Crippen molar-refractivity contribution in [1.29, 1.82) is 0 Å². The van der Waals surface area contributed by atoms with Crippen molar-refractivity contribution < 1.29 is 18.3 Å². The average molecular weight is 323 g/mol. The van der Waals surface area contributed by atoms with E-state index in [0.29, 0.717) is 37.4 Å². The van der Waals surface area contributed by atoms with Crippen LogP contribution in [0.1, 0.15) is 12.8 Å². The Morgan fingerprint density at radius 3 is 2.35 bits per heavy atom. The molecular weight excluding hydrogens is 304 g/mol. The lowest BCUT2D eigenvalue weighted by atomic mass is 9.97. The second-order valence-corrected chi connectivity index (χ2v) is 5.58. The molecular formula is C16H19F2N3O2. The van der Waals surface area contributed by atoms with Gasteiger partial charge in [0.05, 0.1) is 19.7 Å². The summed E-state index contributed by atoms with van der Waals surface area (Å²) >= 11 is 0. The highest BCUT2D eigenvalue weighted by atomic mass is 19.3. The van der Waals surface area contributed by atoms with Crippen LogP contribution >= 0.6 is 0 Å². The van der Waals surface area contributed by atoms with E-state index < -0.39 is 12.3 Å². The van der Waals surface area contributed by atoms with Crippen molar-refractivity contribution in [2.45, 2.75) is 19.3 Å². The van der Waals surface area contributed by atoms with Crippen LogP contribution in [0.15, 0.2) is 18.5 Å². The van der Waals surface area contributed by atoms with Crippen molar-refractivity contribution >= 4 is 16.7 Å². The van der Waals surface area contributed by atoms with Crippen molar-refractivity contribution in [3.05, 3.63) is 18.5 Å². The van der Waals surface area contributed by atoms with Gasteiger partial charge in [-0.15, -0.1) is 0 Å². The molecule has 2 aromatic rings. The van der Waals surface area contributed by atoms with Crippen LogP contribution in [0.4, 0.5) is 14.6 Å². The van der Waals surface area contributed by atoms with Crippen LogP contribution in [0.2, 0.25) is 0 Å². The zero-order valence-corrected chi connectivity index (χ0v) is 13.1. The first kappa shape index (κ1) is 15.7. The number of piperidine rings is 1. The third-order valence-electron chi connectivity index (χ3n) is 4.32. The van der Waals surface area contributed by atoms with E-state index in [1.54, 1.807) is 20.3 Å². The summed E-state index contributed by atoms with van der Waals surface area (Å²) in [6, 6.07) is 3.63. The van der Waals surface area contributed by atoms with Crippen LogP contribution < -0.4 is 14.4 Å². The van der Waals surface area contributed by atoms with Crippen molar-refractivity contribution in [2.24, 2.45) is 5.92 Å². The van der Waals surface area contributed by atoms with Gasteiger partial charge in [0.15, 0.2) is 11.5 Å². The number of hydrogen-bond donors (Lipinski definition) is 0. The highest BCUT2D eigenvalue weighted by Gasteiger charge is 2.27. The number of alkyl halides is 2. The molecule has 0 unspecified atom stereocenters. The normalized spacial score (nSPS) is 16.1. The minimum atomic E-state index is -2.25. The van der Waals surface area contributed by atoms with E-state index in [2.05, 4.69) is 9.97 Å². The van der Waals surface area contributed by atoms with Crippen LogP contribution in [0.3, 0.4) is 0 Å². The zero-order valence-electron chi connectivity index (χ0n) is 13.1. The maximum absolute atomic E-state index is 12.8. The predicted octanol–water partition coefficient (Wildman–Crippen LogP) is 3.13. The molecule has 1 aliphatic rings. The second-order valence-electron chi connectivity index (χ2n) is 5.58. The molecule has 0 aliphatic carbocycles. The largest absolute Gasteiger partial charge is 0.493 e. The first-order chi connectivity index (χ1) is 11.1. The fourth-order valence-corrected chi connectivity index (χ4v) is 2.98. The monoisotopic (exact) mass is 323 g/mol.